The van der Waals surface area contributed by atoms with Crippen LogP contribution >= 0.6 is 0 Å². The zero-order valence-electron chi connectivity index (χ0n) is 12.5. The second-order valence-corrected chi connectivity index (χ2v) is 6.35. The molecule has 2 N–H and O–H groups in total. The van der Waals surface area contributed by atoms with Gasteiger partial charge in [-0.05, 0) is 37.3 Å². The van der Waals surface area contributed by atoms with Crippen LogP contribution in [0.4, 0.5) is 0 Å². The van der Waals surface area contributed by atoms with E-state index in [1.54, 1.807) is 0 Å². The molecule has 1 saturated heterocycles. The van der Waals surface area contributed by atoms with E-state index in [0.717, 1.165) is 39.3 Å². The summed E-state index contributed by atoms with van der Waals surface area (Å²) in [5.74, 6) is 0. The van der Waals surface area contributed by atoms with Gasteiger partial charge in [0.2, 0.25) is 0 Å². The van der Waals surface area contributed by atoms with Crippen molar-refractivity contribution in [2.24, 2.45) is 5.73 Å². The molecular formula is C17H26N2O. The molecule has 110 valence electrons. The maximum atomic E-state index is 6.14. The summed E-state index contributed by atoms with van der Waals surface area (Å²) in [7, 11) is 0. The Bertz CT molecular complexity index is 431. The molecule has 0 spiro atoms. The average molecular weight is 274 g/mol. The molecular weight excluding hydrogens is 248 g/mol. The van der Waals surface area contributed by atoms with Crippen LogP contribution in [0.3, 0.4) is 0 Å². The molecule has 2 fully saturated rings. The number of hydrogen-bond donors (Lipinski definition) is 1. The van der Waals surface area contributed by atoms with Gasteiger partial charge in [0.1, 0.15) is 0 Å². The lowest BCUT2D eigenvalue weighted by Gasteiger charge is -2.26. The number of hydrogen-bond acceptors (Lipinski definition) is 3. The molecule has 2 aliphatic rings. The Morgan fingerprint density at radius 3 is 2.40 bits per heavy atom. The molecule has 1 aliphatic heterocycles. The zero-order chi connectivity index (χ0) is 14.0. The largest absolute Gasteiger partial charge is 0.379 e. The standard InChI is InChI=1S/C17H26N2O/c1-14(18)17(7-8-17)16-4-2-15(3-5-16)6-9-19-10-12-20-13-11-19/h2-5,14H,6-13,18H2,1H3. The molecule has 3 rings (SSSR count). The molecule has 1 aliphatic carbocycles. The first-order chi connectivity index (χ1) is 9.71. The number of ether oxygens (including phenoxy) is 1. The first-order valence-electron chi connectivity index (χ1n) is 7.86. The highest BCUT2D eigenvalue weighted by molar-refractivity contribution is 5.35. The average Bonchev–Trinajstić information content (AvgIpc) is 3.28. The van der Waals surface area contributed by atoms with Crippen LogP contribution in [0.2, 0.25) is 0 Å². The fourth-order valence-electron chi connectivity index (χ4n) is 3.26. The molecule has 3 heteroatoms. The highest BCUT2D eigenvalue weighted by Gasteiger charge is 2.47. The molecule has 1 unspecified atom stereocenters. The van der Waals surface area contributed by atoms with Crippen molar-refractivity contribution in [1.82, 2.24) is 4.90 Å². The topological polar surface area (TPSA) is 38.5 Å². The molecule has 20 heavy (non-hydrogen) atoms. The molecule has 0 amide bonds. The van der Waals surface area contributed by atoms with Crippen molar-refractivity contribution >= 4 is 0 Å². The highest BCUT2D eigenvalue weighted by Crippen LogP contribution is 2.50. The summed E-state index contributed by atoms with van der Waals surface area (Å²) in [6.07, 6.45) is 3.63. The Kier molecular flexibility index (Phi) is 4.11. The van der Waals surface area contributed by atoms with Gasteiger partial charge in [0.25, 0.3) is 0 Å². The molecule has 0 aromatic heterocycles. The van der Waals surface area contributed by atoms with Gasteiger partial charge in [-0.15, -0.1) is 0 Å². The summed E-state index contributed by atoms with van der Waals surface area (Å²) >= 11 is 0. The normalized spacial score (nSPS) is 23.5. The van der Waals surface area contributed by atoms with E-state index >= 15 is 0 Å². The number of morpholine rings is 1. The molecule has 1 aromatic carbocycles. The van der Waals surface area contributed by atoms with Crippen molar-refractivity contribution in [3.63, 3.8) is 0 Å². The molecule has 1 atom stereocenters. The molecule has 3 nitrogen and oxygen atoms in total. The van der Waals surface area contributed by atoms with Crippen molar-refractivity contribution in [1.29, 1.82) is 0 Å². The first kappa shape index (κ1) is 14.1. The molecule has 1 saturated carbocycles. The van der Waals surface area contributed by atoms with Gasteiger partial charge in [0.05, 0.1) is 13.2 Å². The fraction of sp³-hybridized carbons (Fsp3) is 0.647. The second kappa shape index (κ2) is 5.84. The van der Waals surface area contributed by atoms with Gasteiger partial charge in [-0.3, -0.25) is 4.90 Å². The van der Waals surface area contributed by atoms with Gasteiger partial charge in [0.15, 0.2) is 0 Å². The highest BCUT2D eigenvalue weighted by atomic mass is 16.5. The third-order valence-corrected chi connectivity index (χ3v) is 5.01. The minimum atomic E-state index is 0.265. The Morgan fingerprint density at radius 1 is 1.20 bits per heavy atom. The Morgan fingerprint density at radius 2 is 1.85 bits per heavy atom. The van der Waals surface area contributed by atoms with Gasteiger partial charge >= 0.3 is 0 Å². The lowest BCUT2D eigenvalue weighted by molar-refractivity contribution is 0.0384. The van der Waals surface area contributed by atoms with Crippen LogP contribution in [0, 0.1) is 0 Å². The molecule has 1 heterocycles. The van der Waals surface area contributed by atoms with Crippen LogP contribution < -0.4 is 5.73 Å². The van der Waals surface area contributed by atoms with Gasteiger partial charge < -0.3 is 10.5 Å². The van der Waals surface area contributed by atoms with Crippen molar-refractivity contribution < 1.29 is 4.74 Å². The van der Waals surface area contributed by atoms with Crippen LogP contribution in [0.25, 0.3) is 0 Å². The zero-order valence-corrected chi connectivity index (χ0v) is 12.5. The maximum Gasteiger partial charge on any atom is 0.0594 e. The monoisotopic (exact) mass is 274 g/mol. The smallest absolute Gasteiger partial charge is 0.0594 e. The summed E-state index contributed by atoms with van der Waals surface area (Å²) in [6, 6.07) is 9.44. The predicted molar refractivity (Wildman–Crippen MR) is 82.0 cm³/mol. The summed E-state index contributed by atoms with van der Waals surface area (Å²) in [5.41, 5.74) is 9.29. The van der Waals surface area contributed by atoms with E-state index in [1.165, 1.54) is 24.0 Å². The summed E-state index contributed by atoms with van der Waals surface area (Å²) in [6.45, 7) is 7.20. The van der Waals surface area contributed by atoms with E-state index < -0.39 is 0 Å². The third kappa shape index (κ3) is 2.90. The van der Waals surface area contributed by atoms with Gasteiger partial charge in [-0.2, -0.15) is 0 Å². The number of rotatable bonds is 5. The van der Waals surface area contributed by atoms with Crippen molar-refractivity contribution in [3.8, 4) is 0 Å². The fourth-order valence-corrected chi connectivity index (χ4v) is 3.26. The minimum Gasteiger partial charge on any atom is -0.379 e. The Hall–Kier alpha value is -0.900. The van der Waals surface area contributed by atoms with Crippen molar-refractivity contribution in [2.75, 3.05) is 32.8 Å². The van der Waals surface area contributed by atoms with Gasteiger partial charge in [-0.1, -0.05) is 24.3 Å². The third-order valence-electron chi connectivity index (χ3n) is 5.01. The van der Waals surface area contributed by atoms with Gasteiger partial charge in [-0.25, -0.2) is 0 Å². The number of nitrogens with zero attached hydrogens (tertiary/aromatic N) is 1. The lowest BCUT2D eigenvalue weighted by Crippen LogP contribution is -2.37. The second-order valence-electron chi connectivity index (χ2n) is 6.35. The van der Waals surface area contributed by atoms with E-state index in [2.05, 4.69) is 36.1 Å². The summed E-state index contributed by atoms with van der Waals surface area (Å²) in [5, 5.41) is 0. The molecule has 1 aromatic rings. The maximum absolute atomic E-state index is 6.14. The van der Waals surface area contributed by atoms with Crippen LogP contribution in [0.15, 0.2) is 24.3 Å². The SMILES string of the molecule is CC(N)C1(c2ccc(CCN3CCOCC3)cc2)CC1. The number of benzene rings is 1. The first-order valence-corrected chi connectivity index (χ1v) is 7.86. The minimum absolute atomic E-state index is 0.265. The lowest BCUT2D eigenvalue weighted by atomic mass is 9.89. The Labute approximate surface area is 122 Å². The van der Waals surface area contributed by atoms with Crippen LogP contribution in [0.1, 0.15) is 30.9 Å². The number of nitrogens with two attached hydrogens (primary N) is 1. The molecule has 0 bridgehead atoms. The quantitative estimate of drug-likeness (QED) is 0.892. The van der Waals surface area contributed by atoms with E-state index in [9.17, 15) is 0 Å². The predicted octanol–water partition coefficient (Wildman–Crippen LogP) is 1.94. The van der Waals surface area contributed by atoms with E-state index in [-0.39, 0.29) is 11.5 Å². The van der Waals surface area contributed by atoms with E-state index in [1.807, 2.05) is 0 Å². The van der Waals surface area contributed by atoms with Crippen LogP contribution in [-0.2, 0) is 16.6 Å². The Balaban J connectivity index is 1.56. The van der Waals surface area contributed by atoms with E-state index in [0.29, 0.717) is 0 Å². The van der Waals surface area contributed by atoms with Crippen molar-refractivity contribution in [2.45, 2.75) is 37.6 Å². The van der Waals surface area contributed by atoms with Crippen LogP contribution in [-0.4, -0.2) is 43.8 Å². The van der Waals surface area contributed by atoms with Crippen molar-refractivity contribution in [3.05, 3.63) is 35.4 Å². The summed E-state index contributed by atoms with van der Waals surface area (Å²) in [4.78, 5) is 2.49. The van der Waals surface area contributed by atoms with Gasteiger partial charge in [0, 0.05) is 31.1 Å². The van der Waals surface area contributed by atoms with Crippen LogP contribution in [0.5, 0.6) is 0 Å². The van der Waals surface area contributed by atoms with E-state index in [4.69, 9.17) is 10.5 Å². The summed E-state index contributed by atoms with van der Waals surface area (Å²) < 4.78 is 5.38. The molecule has 0 radical (unpaired) electrons.